The van der Waals surface area contributed by atoms with Gasteiger partial charge in [0.1, 0.15) is 0 Å². The molecule has 0 heterocycles. The van der Waals surface area contributed by atoms with Gasteiger partial charge in [0.25, 0.3) is 0 Å². The highest BCUT2D eigenvalue weighted by Crippen LogP contribution is 2.28. The molecular formula is C12H21NO2S. The number of hydrogen-bond donors (Lipinski definition) is 1. The average Bonchev–Trinajstić information content (AvgIpc) is 2.73. The van der Waals surface area contributed by atoms with E-state index in [9.17, 15) is 4.79 Å². The average molecular weight is 243 g/mol. The van der Waals surface area contributed by atoms with Crippen LogP contribution >= 0.6 is 11.8 Å². The lowest BCUT2D eigenvalue weighted by atomic mass is 10.2. The number of carbonyl (C=O) groups is 1. The molecule has 4 heteroatoms. The van der Waals surface area contributed by atoms with Gasteiger partial charge in [-0.2, -0.15) is 11.8 Å². The maximum absolute atomic E-state index is 11.3. The maximum Gasteiger partial charge on any atom is 0.334 e. The van der Waals surface area contributed by atoms with Crippen LogP contribution in [0.3, 0.4) is 0 Å². The van der Waals surface area contributed by atoms with Gasteiger partial charge in [0, 0.05) is 23.4 Å². The minimum Gasteiger partial charge on any atom is -0.463 e. The molecule has 0 aromatic rings. The van der Waals surface area contributed by atoms with E-state index < -0.39 is 0 Å². The first kappa shape index (κ1) is 13.6. The van der Waals surface area contributed by atoms with Crippen LogP contribution in [-0.2, 0) is 9.53 Å². The first-order chi connectivity index (χ1) is 7.69. The van der Waals surface area contributed by atoms with Gasteiger partial charge in [0.15, 0.2) is 0 Å². The van der Waals surface area contributed by atoms with Crippen LogP contribution in [-0.4, -0.2) is 36.7 Å². The summed E-state index contributed by atoms with van der Waals surface area (Å²) in [6, 6.07) is 0.515. The molecule has 0 spiro atoms. The summed E-state index contributed by atoms with van der Waals surface area (Å²) in [5.74, 6) is -0.284. The van der Waals surface area contributed by atoms with Crippen molar-refractivity contribution in [2.75, 3.05) is 19.4 Å². The van der Waals surface area contributed by atoms with Gasteiger partial charge in [-0.05, 0) is 26.0 Å². The first-order valence-electron chi connectivity index (χ1n) is 5.80. The van der Waals surface area contributed by atoms with Gasteiger partial charge in [-0.3, -0.25) is 0 Å². The largest absolute Gasteiger partial charge is 0.463 e. The predicted octanol–water partition coefficient (Wildman–Crippen LogP) is 1.98. The summed E-state index contributed by atoms with van der Waals surface area (Å²) in [5, 5.41) is 4.08. The Morgan fingerprint density at radius 2 is 2.31 bits per heavy atom. The summed E-state index contributed by atoms with van der Waals surface area (Å²) in [7, 11) is 0. The molecule has 3 nitrogen and oxygen atoms in total. The SMILES string of the molecule is C=C(CNC1CCCC1SC)C(=O)OCC. The first-order valence-corrected chi connectivity index (χ1v) is 7.09. The van der Waals surface area contributed by atoms with Crippen molar-refractivity contribution in [1.29, 1.82) is 0 Å². The van der Waals surface area contributed by atoms with E-state index in [1.807, 2.05) is 11.8 Å². The summed E-state index contributed by atoms with van der Waals surface area (Å²) in [4.78, 5) is 11.3. The molecule has 0 aromatic heterocycles. The number of thioether (sulfide) groups is 1. The van der Waals surface area contributed by atoms with E-state index in [0.717, 1.165) is 0 Å². The van der Waals surface area contributed by atoms with Crippen LogP contribution in [0.25, 0.3) is 0 Å². The molecule has 2 unspecified atom stereocenters. The fourth-order valence-electron chi connectivity index (χ4n) is 2.00. The predicted molar refractivity (Wildman–Crippen MR) is 68.7 cm³/mol. The van der Waals surface area contributed by atoms with Crippen LogP contribution in [0.5, 0.6) is 0 Å². The van der Waals surface area contributed by atoms with Crippen molar-refractivity contribution >= 4 is 17.7 Å². The molecule has 16 heavy (non-hydrogen) atoms. The fraction of sp³-hybridized carbons (Fsp3) is 0.750. The van der Waals surface area contributed by atoms with Crippen LogP contribution in [0.15, 0.2) is 12.2 Å². The number of rotatable bonds is 6. The van der Waals surface area contributed by atoms with E-state index in [4.69, 9.17) is 4.74 Å². The number of carbonyl (C=O) groups excluding carboxylic acids is 1. The molecule has 0 saturated heterocycles. The molecule has 0 aromatic carbocycles. The fourth-order valence-corrected chi connectivity index (χ4v) is 2.96. The molecule has 0 aliphatic heterocycles. The summed E-state index contributed by atoms with van der Waals surface area (Å²) in [5.41, 5.74) is 0.522. The minimum atomic E-state index is -0.284. The number of hydrogen-bond acceptors (Lipinski definition) is 4. The molecule has 2 atom stereocenters. The maximum atomic E-state index is 11.3. The summed E-state index contributed by atoms with van der Waals surface area (Å²) in [6.45, 7) is 6.50. The van der Waals surface area contributed by atoms with Crippen LogP contribution in [0.2, 0.25) is 0 Å². The highest BCUT2D eigenvalue weighted by atomic mass is 32.2. The van der Waals surface area contributed by atoms with Crippen LogP contribution in [0.1, 0.15) is 26.2 Å². The lowest BCUT2D eigenvalue weighted by Gasteiger charge is -2.19. The van der Waals surface area contributed by atoms with E-state index in [2.05, 4.69) is 18.2 Å². The second-order valence-corrected chi connectivity index (χ2v) is 5.09. The zero-order chi connectivity index (χ0) is 12.0. The molecule has 1 N–H and O–H groups in total. The molecule has 1 saturated carbocycles. The van der Waals surface area contributed by atoms with Crippen molar-refractivity contribution in [3.63, 3.8) is 0 Å². The second kappa shape index (κ2) is 6.97. The van der Waals surface area contributed by atoms with Crippen molar-refractivity contribution in [3.8, 4) is 0 Å². The van der Waals surface area contributed by atoms with E-state index in [0.29, 0.717) is 30.0 Å². The molecule has 0 bridgehead atoms. The smallest absolute Gasteiger partial charge is 0.334 e. The van der Waals surface area contributed by atoms with Crippen molar-refractivity contribution in [1.82, 2.24) is 5.32 Å². The number of ether oxygens (including phenoxy) is 1. The van der Waals surface area contributed by atoms with Crippen LogP contribution < -0.4 is 5.32 Å². The van der Waals surface area contributed by atoms with Gasteiger partial charge in [0.2, 0.25) is 0 Å². The Labute approximate surface area is 102 Å². The Morgan fingerprint density at radius 3 is 2.94 bits per heavy atom. The van der Waals surface area contributed by atoms with Gasteiger partial charge in [-0.25, -0.2) is 4.79 Å². The van der Waals surface area contributed by atoms with Gasteiger partial charge in [0.05, 0.1) is 6.61 Å². The Balaban J connectivity index is 2.28. The zero-order valence-corrected chi connectivity index (χ0v) is 10.9. The van der Waals surface area contributed by atoms with E-state index in [1.54, 1.807) is 6.92 Å². The monoisotopic (exact) mass is 243 g/mol. The Hall–Kier alpha value is -0.480. The summed E-state index contributed by atoms with van der Waals surface area (Å²) < 4.78 is 4.89. The van der Waals surface area contributed by atoms with Gasteiger partial charge in [-0.1, -0.05) is 13.0 Å². The normalized spacial score (nSPS) is 24.4. The van der Waals surface area contributed by atoms with E-state index >= 15 is 0 Å². The van der Waals surface area contributed by atoms with Crippen molar-refractivity contribution in [2.24, 2.45) is 0 Å². The third kappa shape index (κ3) is 3.83. The molecule has 1 aliphatic rings. The van der Waals surface area contributed by atoms with Gasteiger partial charge >= 0.3 is 5.97 Å². The number of esters is 1. The molecular weight excluding hydrogens is 222 g/mol. The van der Waals surface area contributed by atoms with Crippen molar-refractivity contribution in [2.45, 2.75) is 37.5 Å². The molecule has 0 radical (unpaired) electrons. The quantitative estimate of drug-likeness (QED) is 0.572. The van der Waals surface area contributed by atoms with Crippen LogP contribution in [0, 0.1) is 0 Å². The molecule has 1 rings (SSSR count). The molecule has 0 amide bonds. The lowest BCUT2D eigenvalue weighted by Crippen LogP contribution is -2.36. The highest BCUT2D eigenvalue weighted by molar-refractivity contribution is 7.99. The van der Waals surface area contributed by atoms with Gasteiger partial charge < -0.3 is 10.1 Å². The van der Waals surface area contributed by atoms with E-state index in [-0.39, 0.29) is 5.97 Å². The third-order valence-electron chi connectivity index (χ3n) is 2.90. The summed E-state index contributed by atoms with van der Waals surface area (Å²) >= 11 is 1.90. The lowest BCUT2D eigenvalue weighted by molar-refractivity contribution is -0.138. The van der Waals surface area contributed by atoms with Crippen molar-refractivity contribution in [3.05, 3.63) is 12.2 Å². The van der Waals surface area contributed by atoms with Crippen LogP contribution in [0.4, 0.5) is 0 Å². The Kier molecular flexibility index (Phi) is 5.91. The van der Waals surface area contributed by atoms with E-state index in [1.165, 1.54) is 19.3 Å². The molecule has 1 fully saturated rings. The second-order valence-electron chi connectivity index (χ2n) is 4.02. The number of nitrogens with one attached hydrogen (secondary N) is 1. The molecule has 1 aliphatic carbocycles. The van der Waals surface area contributed by atoms with Crippen molar-refractivity contribution < 1.29 is 9.53 Å². The molecule has 92 valence electrons. The third-order valence-corrected chi connectivity index (χ3v) is 4.07. The highest BCUT2D eigenvalue weighted by Gasteiger charge is 2.26. The zero-order valence-electron chi connectivity index (χ0n) is 10.1. The summed E-state index contributed by atoms with van der Waals surface area (Å²) in [6.07, 6.45) is 5.88. The minimum absolute atomic E-state index is 0.284. The van der Waals surface area contributed by atoms with Gasteiger partial charge in [-0.15, -0.1) is 0 Å². The topological polar surface area (TPSA) is 38.3 Å². The Morgan fingerprint density at radius 1 is 1.56 bits per heavy atom. The standard InChI is InChI=1S/C12H21NO2S/c1-4-15-12(14)9(2)8-13-10-6-5-7-11(10)16-3/h10-11,13H,2,4-8H2,1,3H3. The Bertz CT molecular complexity index is 255.